The van der Waals surface area contributed by atoms with Gasteiger partial charge in [0.05, 0.1) is 0 Å². The standard InChI is InChI=1S/C42H56N8O11/c1-26(2)37(48-34(53)25-60-24-33(52)45-30-13-8-28(9-14-30)12-17-35(54)50-22-18-36(50)55)39(57)47-32(7-6-21-44-40(43)58)38(56)46-31-15-10-29(11-16-31)23-61-41(59)49-42(27(3)51)19-4-5-20-42/h8-11,13-16,26,32,37H,4-7,12,17-25H2,1-3H3,(H,45,52)(H,46,56)(H,47,57)(H,48,53)(H,49,59)(H3,43,44,58)/t32-,37-/m0/s1. The summed E-state index contributed by atoms with van der Waals surface area (Å²) in [5.74, 6) is -3.34. The largest absolute Gasteiger partial charge is 0.445 e. The molecule has 4 rings (SSSR count). The third-order valence-corrected chi connectivity index (χ3v) is 10.4. The van der Waals surface area contributed by atoms with E-state index in [1.54, 1.807) is 62.4 Å². The summed E-state index contributed by atoms with van der Waals surface area (Å²) in [6.45, 7) is 4.37. The zero-order chi connectivity index (χ0) is 44.5. The maximum atomic E-state index is 13.5. The third-order valence-electron chi connectivity index (χ3n) is 10.4. The van der Waals surface area contributed by atoms with E-state index in [9.17, 15) is 43.2 Å². The molecular formula is C42H56N8O11. The fourth-order valence-corrected chi connectivity index (χ4v) is 6.79. The highest BCUT2D eigenvalue weighted by atomic mass is 16.5. The van der Waals surface area contributed by atoms with Crippen LogP contribution in [0.1, 0.15) is 83.3 Å². The highest BCUT2D eigenvalue weighted by Crippen LogP contribution is 2.30. The van der Waals surface area contributed by atoms with Crippen LogP contribution in [-0.2, 0) is 56.1 Å². The van der Waals surface area contributed by atoms with Crippen LogP contribution < -0.4 is 37.6 Å². The van der Waals surface area contributed by atoms with Crippen molar-refractivity contribution in [2.24, 2.45) is 11.7 Å². The Bertz CT molecular complexity index is 1910. The van der Waals surface area contributed by atoms with Crippen LogP contribution in [0.2, 0.25) is 0 Å². The van der Waals surface area contributed by atoms with Crippen LogP contribution in [-0.4, -0.2) is 102 Å². The normalized spacial score (nSPS) is 15.1. The Morgan fingerprint density at radius 1 is 0.820 bits per heavy atom. The van der Waals surface area contributed by atoms with E-state index in [-0.39, 0.29) is 50.0 Å². The van der Waals surface area contributed by atoms with Gasteiger partial charge in [0, 0.05) is 37.3 Å². The number of carbonyl (C=O) groups is 9. The first-order valence-electron chi connectivity index (χ1n) is 20.3. The van der Waals surface area contributed by atoms with Crippen molar-refractivity contribution < 1.29 is 52.6 Å². The molecular weight excluding hydrogens is 793 g/mol. The number of β-lactam (4-membered cyclic amide) rings is 1. The number of primary amides is 1. The van der Waals surface area contributed by atoms with Gasteiger partial charge in [-0.15, -0.1) is 0 Å². The van der Waals surface area contributed by atoms with E-state index in [2.05, 4.69) is 31.9 Å². The molecule has 2 aliphatic rings. The Labute approximate surface area is 354 Å². The molecule has 19 nitrogen and oxygen atoms in total. The molecule has 2 aromatic carbocycles. The number of likely N-dealkylation sites (tertiary alicyclic amines) is 1. The van der Waals surface area contributed by atoms with Crippen molar-refractivity contribution in [3.05, 3.63) is 59.7 Å². The third kappa shape index (κ3) is 15.0. The van der Waals surface area contributed by atoms with E-state index < -0.39 is 72.5 Å². The lowest BCUT2D eigenvalue weighted by molar-refractivity contribution is -0.152. The van der Waals surface area contributed by atoms with Crippen LogP contribution in [0, 0.1) is 5.92 Å². The van der Waals surface area contributed by atoms with Crippen LogP contribution in [0.15, 0.2) is 48.5 Å². The van der Waals surface area contributed by atoms with Crippen molar-refractivity contribution in [2.75, 3.05) is 36.9 Å². The molecule has 0 radical (unpaired) electrons. The summed E-state index contributed by atoms with van der Waals surface area (Å²) in [6, 6.07) is 10.4. The summed E-state index contributed by atoms with van der Waals surface area (Å²) >= 11 is 0. The summed E-state index contributed by atoms with van der Waals surface area (Å²) < 4.78 is 10.6. The number of ketones is 1. The lowest BCUT2D eigenvalue weighted by atomic mass is 9.93. The second-order valence-electron chi connectivity index (χ2n) is 15.4. The lowest BCUT2D eigenvalue weighted by Gasteiger charge is -2.28. The van der Waals surface area contributed by atoms with Gasteiger partial charge in [0.25, 0.3) is 0 Å². The van der Waals surface area contributed by atoms with Crippen molar-refractivity contribution in [1.29, 1.82) is 0 Å². The van der Waals surface area contributed by atoms with E-state index >= 15 is 0 Å². The zero-order valence-corrected chi connectivity index (χ0v) is 34.8. The number of rotatable bonds is 22. The van der Waals surface area contributed by atoms with Crippen molar-refractivity contribution in [3.8, 4) is 0 Å². The molecule has 1 aliphatic carbocycles. The fourth-order valence-electron chi connectivity index (χ4n) is 6.79. The second-order valence-corrected chi connectivity index (χ2v) is 15.4. The molecule has 1 saturated heterocycles. The number of nitrogens with two attached hydrogens (primary N) is 1. The maximum absolute atomic E-state index is 13.5. The summed E-state index contributed by atoms with van der Waals surface area (Å²) in [4.78, 5) is 113. The first kappa shape index (κ1) is 47.3. The van der Waals surface area contributed by atoms with Gasteiger partial charge in [-0.3, -0.25) is 38.5 Å². The van der Waals surface area contributed by atoms with Crippen LogP contribution in [0.4, 0.5) is 21.0 Å². The predicted octanol–water partition coefficient (Wildman–Crippen LogP) is 2.17. The number of ether oxygens (including phenoxy) is 2. The lowest BCUT2D eigenvalue weighted by Crippen LogP contribution is -2.55. The molecule has 0 unspecified atom stereocenters. The van der Waals surface area contributed by atoms with Gasteiger partial charge in [0.1, 0.15) is 37.4 Å². The number of nitrogens with one attached hydrogen (secondary N) is 6. The van der Waals surface area contributed by atoms with Gasteiger partial charge in [0.15, 0.2) is 5.78 Å². The number of imide groups is 1. The maximum Gasteiger partial charge on any atom is 0.408 e. The minimum atomic E-state index is -1.09. The molecule has 19 heteroatoms. The number of nitrogens with zero attached hydrogens (tertiary/aromatic N) is 1. The number of hydrogen-bond donors (Lipinski definition) is 7. The Morgan fingerprint density at radius 3 is 2.02 bits per heavy atom. The summed E-state index contributed by atoms with van der Waals surface area (Å²) in [5, 5.41) is 15.9. The van der Waals surface area contributed by atoms with Crippen LogP contribution in [0.3, 0.4) is 0 Å². The molecule has 2 fully saturated rings. The quantitative estimate of drug-likeness (QED) is 0.0667. The minimum absolute atomic E-state index is 0.0774. The molecule has 8 N–H and O–H groups in total. The zero-order valence-electron chi connectivity index (χ0n) is 34.8. The number of amides is 9. The van der Waals surface area contributed by atoms with Gasteiger partial charge in [0.2, 0.25) is 35.4 Å². The topological polar surface area (TPSA) is 274 Å². The summed E-state index contributed by atoms with van der Waals surface area (Å²) in [5.41, 5.74) is 6.59. The monoisotopic (exact) mass is 848 g/mol. The number of benzene rings is 2. The number of anilines is 2. The number of carbonyl (C=O) groups excluding carboxylic acids is 9. The predicted molar refractivity (Wildman–Crippen MR) is 221 cm³/mol. The SMILES string of the molecule is CC(=O)C1(NC(=O)OCc2ccc(NC(=O)[C@H](CCCNC(N)=O)NC(=O)[C@@H](NC(=O)COCC(=O)Nc3ccc(CCC(=O)N4CCC4=O)cc3)C(C)C)cc2)CCCC1. The number of aryl methyl sites for hydroxylation is 1. The molecule has 0 aromatic heterocycles. The molecule has 2 aromatic rings. The Hall–Kier alpha value is -6.37. The molecule has 2 atom stereocenters. The Kier molecular flexibility index (Phi) is 17.7. The van der Waals surface area contributed by atoms with Crippen molar-refractivity contribution in [2.45, 2.75) is 103 Å². The van der Waals surface area contributed by atoms with E-state index in [1.807, 2.05) is 0 Å². The number of urea groups is 1. The van der Waals surface area contributed by atoms with Crippen LogP contribution in [0.25, 0.3) is 0 Å². The van der Waals surface area contributed by atoms with Gasteiger partial charge < -0.3 is 47.1 Å². The second kappa shape index (κ2) is 22.8. The highest BCUT2D eigenvalue weighted by Gasteiger charge is 2.40. The van der Waals surface area contributed by atoms with Crippen LogP contribution >= 0.6 is 0 Å². The minimum Gasteiger partial charge on any atom is -0.445 e. The van der Waals surface area contributed by atoms with Gasteiger partial charge in [-0.25, -0.2) is 9.59 Å². The molecule has 1 saturated carbocycles. The van der Waals surface area contributed by atoms with E-state index in [0.717, 1.165) is 18.4 Å². The summed E-state index contributed by atoms with van der Waals surface area (Å²) in [7, 11) is 0. The molecule has 1 aliphatic heterocycles. The van der Waals surface area contributed by atoms with Gasteiger partial charge >= 0.3 is 12.1 Å². The summed E-state index contributed by atoms with van der Waals surface area (Å²) in [6.07, 6.45) is 3.51. The Morgan fingerprint density at radius 2 is 1.44 bits per heavy atom. The Balaban J connectivity index is 1.24. The highest BCUT2D eigenvalue weighted by molar-refractivity contribution is 6.00. The number of alkyl carbamates (subject to hydrolysis) is 1. The molecule has 0 spiro atoms. The van der Waals surface area contributed by atoms with Crippen molar-refractivity contribution in [3.63, 3.8) is 0 Å². The van der Waals surface area contributed by atoms with Crippen LogP contribution in [0.5, 0.6) is 0 Å². The van der Waals surface area contributed by atoms with E-state index in [1.165, 1.54) is 11.8 Å². The number of hydrogen-bond acceptors (Lipinski definition) is 11. The van der Waals surface area contributed by atoms with Crippen molar-refractivity contribution in [1.82, 2.24) is 26.2 Å². The molecule has 330 valence electrons. The first-order valence-corrected chi connectivity index (χ1v) is 20.3. The van der Waals surface area contributed by atoms with E-state index in [4.69, 9.17) is 15.2 Å². The molecule has 61 heavy (non-hydrogen) atoms. The smallest absolute Gasteiger partial charge is 0.408 e. The molecule has 9 amide bonds. The average Bonchev–Trinajstić information content (AvgIpc) is 3.69. The van der Waals surface area contributed by atoms with Gasteiger partial charge in [-0.05, 0) is 80.3 Å². The molecule has 1 heterocycles. The first-order chi connectivity index (χ1) is 29.0. The number of Topliss-reactive ketones (excluding diaryl/α,β-unsaturated/α-hetero) is 1. The van der Waals surface area contributed by atoms with E-state index in [0.29, 0.717) is 49.2 Å². The van der Waals surface area contributed by atoms with Crippen molar-refractivity contribution >= 4 is 64.7 Å². The molecule has 0 bridgehead atoms. The fraction of sp³-hybridized carbons (Fsp3) is 0.500. The van der Waals surface area contributed by atoms with Gasteiger partial charge in [-0.1, -0.05) is 51.0 Å². The van der Waals surface area contributed by atoms with Gasteiger partial charge in [-0.2, -0.15) is 0 Å². The average molecular weight is 849 g/mol.